The molecule has 3 aromatic rings. The zero-order chi connectivity index (χ0) is 23.8. The largest absolute Gasteiger partial charge is 0.496 e. The molecule has 0 aliphatic heterocycles. The van der Waals surface area contributed by atoms with Gasteiger partial charge >= 0.3 is 0 Å². The van der Waals surface area contributed by atoms with E-state index in [4.69, 9.17) is 15.9 Å². The molecule has 1 aliphatic rings. The summed E-state index contributed by atoms with van der Waals surface area (Å²) in [6.45, 7) is 1.73. The van der Waals surface area contributed by atoms with Crippen molar-refractivity contribution in [2.24, 2.45) is 5.73 Å². The fraction of sp³-hybridized carbons (Fsp3) is 0.240. The van der Waals surface area contributed by atoms with E-state index in [2.05, 4.69) is 4.98 Å². The average molecular weight is 447 g/mol. The molecule has 1 aliphatic carbocycles. The number of rotatable bonds is 5. The number of fused-ring (bicyclic) bond motifs is 1. The number of nitriles is 1. The van der Waals surface area contributed by atoms with Gasteiger partial charge in [0.1, 0.15) is 17.6 Å². The molecule has 1 fully saturated rings. The van der Waals surface area contributed by atoms with Crippen molar-refractivity contribution in [1.82, 2.24) is 4.98 Å². The van der Waals surface area contributed by atoms with Gasteiger partial charge in [0.25, 0.3) is 0 Å². The number of nitrogens with zero attached hydrogens (tertiary/aromatic N) is 2. The molecule has 0 atom stereocenters. The number of hydrogen-bond acceptors (Lipinski definition) is 6. The van der Waals surface area contributed by atoms with Crippen molar-refractivity contribution in [2.45, 2.75) is 31.4 Å². The number of pyridine rings is 1. The van der Waals surface area contributed by atoms with Gasteiger partial charge in [-0.15, -0.1) is 0 Å². The molecule has 33 heavy (non-hydrogen) atoms. The van der Waals surface area contributed by atoms with Crippen LogP contribution in [-0.4, -0.2) is 34.7 Å². The summed E-state index contributed by atoms with van der Waals surface area (Å²) < 4.78 is 20.6. The highest BCUT2D eigenvalue weighted by atomic mass is 19.1. The Morgan fingerprint density at radius 1 is 1.30 bits per heavy atom. The Hall–Kier alpha value is -3.80. The summed E-state index contributed by atoms with van der Waals surface area (Å²) in [5, 5.41) is 29.9. The monoisotopic (exact) mass is 446 g/mol. The standard InChI is InChI=1S/C25H24FN5O2/c1-25(32)11-15(12-25)30-24(29)18(13-27)23(28)16-9-21-17(8-19(16)26)22(33-2)10-20(31-21)14-6-4-3-5-7-14/h3-10,15,32H,11-12,28H2,1-2H3,(H2,29,30)/p+1/b23-18-. The van der Waals surface area contributed by atoms with Crippen LogP contribution < -0.4 is 15.8 Å². The number of aromatic nitrogens is 1. The first kappa shape index (κ1) is 22.4. The maximum absolute atomic E-state index is 15.1. The van der Waals surface area contributed by atoms with Crippen LogP contribution in [0.1, 0.15) is 25.3 Å². The van der Waals surface area contributed by atoms with E-state index >= 15 is 4.39 Å². The summed E-state index contributed by atoms with van der Waals surface area (Å²) in [6.07, 6.45) is 1.01. The van der Waals surface area contributed by atoms with Gasteiger partial charge in [-0.2, -0.15) is 5.26 Å². The van der Waals surface area contributed by atoms with Gasteiger partial charge in [0.2, 0.25) is 5.84 Å². The molecule has 0 bridgehead atoms. The fourth-order valence-corrected chi connectivity index (χ4v) is 4.25. The minimum atomic E-state index is -0.755. The topological polar surface area (TPSA) is 133 Å². The number of halogens is 1. The van der Waals surface area contributed by atoms with E-state index in [1.54, 1.807) is 18.3 Å². The molecule has 168 valence electrons. The summed E-state index contributed by atoms with van der Waals surface area (Å²) >= 11 is 0. The molecule has 0 amide bonds. The lowest BCUT2D eigenvalue weighted by Gasteiger charge is -2.38. The van der Waals surface area contributed by atoms with E-state index < -0.39 is 11.4 Å². The number of ether oxygens (including phenoxy) is 1. The van der Waals surface area contributed by atoms with E-state index in [1.165, 1.54) is 19.2 Å². The summed E-state index contributed by atoms with van der Waals surface area (Å²) in [5.41, 5.74) is 7.17. The first-order chi connectivity index (χ1) is 15.7. The van der Waals surface area contributed by atoms with Crippen molar-refractivity contribution in [2.75, 3.05) is 7.11 Å². The van der Waals surface area contributed by atoms with Gasteiger partial charge in [-0.3, -0.25) is 5.32 Å². The second-order valence-corrected chi connectivity index (χ2v) is 8.57. The molecule has 7 nitrogen and oxygen atoms in total. The second-order valence-electron chi connectivity index (χ2n) is 8.57. The third kappa shape index (κ3) is 4.42. The van der Waals surface area contributed by atoms with E-state index in [1.807, 2.05) is 36.4 Å². The Bertz CT molecular complexity index is 1300. The molecule has 2 aromatic carbocycles. The van der Waals surface area contributed by atoms with Crippen molar-refractivity contribution in [1.29, 1.82) is 10.7 Å². The second kappa shape index (κ2) is 8.62. The number of methoxy groups -OCH3 is 1. The molecular weight excluding hydrogens is 421 g/mol. The normalized spacial score (nSPS) is 20.5. The molecule has 4 rings (SSSR count). The molecule has 0 saturated heterocycles. The van der Waals surface area contributed by atoms with Gasteiger partial charge in [0.15, 0.2) is 5.57 Å². The molecule has 0 radical (unpaired) electrons. The van der Waals surface area contributed by atoms with E-state index in [-0.39, 0.29) is 28.7 Å². The van der Waals surface area contributed by atoms with Gasteiger partial charge in [-0.05, 0) is 19.1 Å². The molecule has 0 unspecified atom stereocenters. The van der Waals surface area contributed by atoms with E-state index in [0.29, 0.717) is 35.2 Å². The van der Waals surface area contributed by atoms with Crippen molar-refractivity contribution in [3.8, 4) is 23.1 Å². The van der Waals surface area contributed by atoms with Crippen LogP contribution in [0.15, 0.2) is 54.1 Å². The summed E-state index contributed by atoms with van der Waals surface area (Å²) in [4.78, 5) is 4.66. The zero-order valence-corrected chi connectivity index (χ0v) is 18.4. The number of quaternary nitrogens is 1. The Morgan fingerprint density at radius 3 is 2.61 bits per heavy atom. The predicted octanol–water partition coefficient (Wildman–Crippen LogP) is 2.70. The number of hydrogen-bond donors (Lipinski definition) is 4. The van der Waals surface area contributed by atoms with Crippen molar-refractivity contribution in [3.05, 3.63) is 65.5 Å². The fourth-order valence-electron chi connectivity index (χ4n) is 4.25. The van der Waals surface area contributed by atoms with Gasteiger partial charge in [-0.25, -0.2) is 14.8 Å². The van der Waals surface area contributed by atoms with Crippen LogP contribution in [-0.2, 0) is 0 Å². The summed E-state index contributed by atoms with van der Waals surface area (Å²) in [6, 6.07) is 15.9. The number of benzene rings is 2. The maximum Gasteiger partial charge on any atom is 0.237 e. The first-order valence-corrected chi connectivity index (χ1v) is 10.5. The van der Waals surface area contributed by atoms with Crippen LogP contribution >= 0.6 is 0 Å². The molecule has 8 heteroatoms. The quantitative estimate of drug-likeness (QED) is 0.272. The Balaban J connectivity index is 1.76. The smallest absolute Gasteiger partial charge is 0.237 e. The SMILES string of the molecule is COc1cc(-c2ccccc2)nc2cc(/C(N)=C(\C#N)C(=N)[NH2+]C3CC(C)(O)C3)c(F)cc12. The number of nitrogens with two attached hydrogens (primary N) is 2. The third-order valence-electron chi connectivity index (χ3n) is 5.90. The summed E-state index contributed by atoms with van der Waals surface area (Å²) in [5.74, 6) is -0.260. The van der Waals surface area contributed by atoms with Crippen molar-refractivity contribution < 1.29 is 19.6 Å². The summed E-state index contributed by atoms with van der Waals surface area (Å²) in [7, 11) is 1.51. The van der Waals surface area contributed by atoms with E-state index in [0.717, 1.165) is 5.56 Å². The maximum atomic E-state index is 15.1. The van der Waals surface area contributed by atoms with Crippen LogP contribution in [0.25, 0.3) is 27.9 Å². The predicted molar refractivity (Wildman–Crippen MR) is 124 cm³/mol. The van der Waals surface area contributed by atoms with Crippen LogP contribution in [0.5, 0.6) is 5.75 Å². The molecular formula is C25H25FN5O2+. The highest BCUT2D eigenvalue weighted by molar-refractivity contribution is 6.02. The Labute approximate surface area is 190 Å². The number of aliphatic hydroxyl groups is 1. The third-order valence-corrected chi connectivity index (χ3v) is 5.90. The molecule has 1 heterocycles. The van der Waals surface area contributed by atoms with Crippen LogP contribution in [0.2, 0.25) is 0 Å². The molecule has 1 saturated carbocycles. The molecule has 1 aromatic heterocycles. The lowest BCUT2D eigenvalue weighted by Crippen LogP contribution is -2.97. The van der Waals surface area contributed by atoms with Crippen LogP contribution in [0.3, 0.4) is 0 Å². The van der Waals surface area contributed by atoms with Gasteiger partial charge in [-0.1, -0.05) is 30.3 Å². The van der Waals surface area contributed by atoms with Crippen molar-refractivity contribution >= 4 is 22.4 Å². The van der Waals surface area contributed by atoms with Gasteiger partial charge in [0, 0.05) is 35.4 Å². The number of nitrogens with one attached hydrogen (secondary N) is 1. The number of amidine groups is 1. The highest BCUT2D eigenvalue weighted by Crippen LogP contribution is 2.33. The molecule has 0 spiro atoms. The minimum absolute atomic E-state index is 0.00225. The van der Waals surface area contributed by atoms with E-state index in [9.17, 15) is 10.4 Å². The Kier molecular flexibility index (Phi) is 5.85. The van der Waals surface area contributed by atoms with Gasteiger partial charge in [0.05, 0.1) is 35.7 Å². The first-order valence-electron chi connectivity index (χ1n) is 10.5. The van der Waals surface area contributed by atoms with Crippen LogP contribution in [0.4, 0.5) is 4.39 Å². The van der Waals surface area contributed by atoms with Gasteiger partial charge < -0.3 is 15.6 Å². The highest BCUT2D eigenvalue weighted by Gasteiger charge is 2.42. The lowest BCUT2D eigenvalue weighted by atomic mass is 9.77. The van der Waals surface area contributed by atoms with Crippen molar-refractivity contribution in [3.63, 3.8) is 0 Å². The minimum Gasteiger partial charge on any atom is -0.496 e. The van der Waals surface area contributed by atoms with Crippen LogP contribution in [0, 0.1) is 22.6 Å². The average Bonchev–Trinajstić information content (AvgIpc) is 2.77. The zero-order valence-electron chi connectivity index (χ0n) is 18.4. The lowest BCUT2D eigenvalue weighted by molar-refractivity contribution is -0.603. The molecule has 6 N–H and O–H groups in total. The Morgan fingerprint density at radius 2 is 2.00 bits per heavy atom.